The minimum atomic E-state index is 0.736. The maximum absolute atomic E-state index is 4.51. The molecule has 2 aromatic heterocycles. The highest BCUT2D eigenvalue weighted by atomic mass is 32.2. The fourth-order valence-electron chi connectivity index (χ4n) is 1.70. The van der Waals surface area contributed by atoms with Crippen LogP contribution in [0.3, 0.4) is 0 Å². The lowest BCUT2D eigenvalue weighted by molar-refractivity contribution is 0.877. The molecule has 3 aromatic rings. The predicted molar refractivity (Wildman–Crippen MR) is 65.6 cm³/mol. The van der Waals surface area contributed by atoms with E-state index in [1.54, 1.807) is 11.8 Å². The van der Waals surface area contributed by atoms with Crippen molar-refractivity contribution in [1.29, 1.82) is 0 Å². The molecule has 4 nitrogen and oxygen atoms in total. The molecule has 0 radical (unpaired) electrons. The number of hydrogen-bond acceptors (Lipinski definition) is 4. The lowest BCUT2D eigenvalue weighted by atomic mass is 10.2. The fourth-order valence-corrected chi connectivity index (χ4v) is 2.21. The van der Waals surface area contributed by atoms with Crippen LogP contribution >= 0.6 is 11.8 Å². The van der Waals surface area contributed by atoms with E-state index in [4.69, 9.17) is 0 Å². The number of aromatic nitrogens is 4. The molecule has 2 heterocycles. The van der Waals surface area contributed by atoms with Crippen LogP contribution in [-0.4, -0.2) is 25.9 Å². The Morgan fingerprint density at radius 2 is 2.12 bits per heavy atom. The van der Waals surface area contributed by atoms with Crippen molar-refractivity contribution in [3.8, 4) is 0 Å². The highest BCUT2D eigenvalue weighted by molar-refractivity contribution is 7.99. The molecule has 0 amide bonds. The Morgan fingerprint density at radius 1 is 1.25 bits per heavy atom. The van der Waals surface area contributed by atoms with Gasteiger partial charge in [0.25, 0.3) is 0 Å². The van der Waals surface area contributed by atoms with Crippen molar-refractivity contribution in [3.63, 3.8) is 0 Å². The van der Waals surface area contributed by atoms with Gasteiger partial charge < -0.3 is 4.98 Å². The summed E-state index contributed by atoms with van der Waals surface area (Å²) < 4.78 is 0. The molecule has 0 aliphatic carbocycles. The SMILES string of the molecule is CCSc1nnc2[nH]c3ccccc3c2n1. The second-order valence-electron chi connectivity index (χ2n) is 3.40. The number of nitrogens with zero attached hydrogens (tertiary/aromatic N) is 3. The average molecular weight is 230 g/mol. The average Bonchev–Trinajstić information content (AvgIpc) is 2.68. The molecule has 0 aliphatic heterocycles. The summed E-state index contributed by atoms with van der Waals surface area (Å²) in [6.07, 6.45) is 0. The van der Waals surface area contributed by atoms with E-state index in [0.717, 1.165) is 33.0 Å². The molecule has 0 fully saturated rings. The van der Waals surface area contributed by atoms with Gasteiger partial charge in [0.2, 0.25) is 5.16 Å². The van der Waals surface area contributed by atoms with Gasteiger partial charge in [-0.05, 0) is 11.8 Å². The Hall–Kier alpha value is -1.62. The Kier molecular flexibility index (Phi) is 2.25. The van der Waals surface area contributed by atoms with Crippen molar-refractivity contribution < 1.29 is 0 Å². The first-order chi connectivity index (χ1) is 7.88. The zero-order valence-electron chi connectivity index (χ0n) is 8.77. The molecule has 0 atom stereocenters. The molecular formula is C11H10N4S. The van der Waals surface area contributed by atoms with Crippen molar-refractivity contribution in [2.24, 2.45) is 0 Å². The third kappa shape index (κ3) is 1.44. The number of fused-ring (bicyclic) bond motifs is 3. The molecule has 5 heteroatoms. The Morgan fingerprint density at radius 3 is 3.00 bits per heavy atom. The number of rotatable bonds is 2. The van der Waals surface area contributed by atoms with Crippen LogP contribution < -0.4 is 0 Å². The Balaban J connectivity index is 2.31. The van der Waals surface area contributed by atoms with Crippen molar-refractivity contribution in [3.05, 3.63) is 24.3 Å². The lowest BCUT2D eigenvalue weighted by Crippen LogP contribution is -1.91. The van der Waals surface area contributed by atoms with Crippen LogP contribution in [0.5, 0.6) is 0 Å². The minimum absolute atomic E-state index is 0.736. The van der Waals surface area contributed by atoms with Crippen molar-refractivity contribution in [2.45, 2.75) is 12.1 Å². The first-order valence-corrected chi connectivity index (χ1v) is 6.11. The van der Waals surface area contributed by atoms with E-state index in [1.165, 1.54) is 0 Å². The fraction of sp³-hybridized carbons (Fsp3) is 0.182. The quantitative estimate of drug-likeness (QED) is 0.687. The third-order valence-electron chi connectivity index (χ3n) is 2.38. The maximum atomic E-state index is 4.51. The highest BCUT2D eigenvalue weighted by Crippen LogP contribution is 2.23. The van der Waals surface area contributed by atoms with Crippen LogP contribution in [0.25, 0.3) is 22.1 Å². The topological polar surface area (TPSA) is 54.5 Å². The highest BCUT2D eigenvalue weighted by Gasteiger charge is 2.07. The van der Waals surface area contributed by atoms with E-state index >= 15 is 0 Å². The smallest absolute Gasteiger partial charge is 0.209 e. The number of benzene rings is 1. The summed E-state index contributed by atoms with van der Waals surface area (Å²) in [6.45, 7) is 2.08. The van der Waals surface area contributed by atoms with Gasteiger partial charge in [-0.15, -0.1) is 10.2 Å². The summed E-state index contributed by atoms with van der Waals surface area (Å²) in [5.41, 5.74) is 2.71. The predicted octanol–water partition coefficient (Wildman–Crippen LogP) is 2.62. The van der Waals surface area contributed by atoms with Crippen LogP contribution in [0, 0.1) is 0 Å². The Labute approximate surface area is 96.5 Å². The van der Waals surface area contributed by atoms with Gasteiger partial charge in [0.1, 0.15) is 5.52 Å². The summed E-state index contributed by atoms with van der Waals surface area (Å²) in [7, 11) is 0. The normalized spacial score (nSPS) is 11.3. The van der Waals surface area contributed by atoms with Gasteiger partial charge >= 0.3 is 0 Å². The summed E-state index contributed by atoms with van der Waals surface area (Å²) in [6, 6.07) is 8.06. The molecule has 1 N–H and O–H groups in total. The van der Waals surface area contributed by atoms with Gasteiger partial charge in [0.15, 0.2) is 5.65 Å². The van der Waals surface area contributed by atoms with Crippen LogP contribution in [0.4, 0.5) is 0 Å². The van der Waals surface area contributed by atoms with E-state index in [9.17, 15) is 0 Å². The van der Waals surface area contributed by atoms with E-state index < -0.39 is 0 Å². The van der Waals surface area contributed by atoms with Gasteiger partial charge in [-0.25, -0.2) is 4.98 Å². The van der Waals surface area contributed by atoms with E-state index in [2.05, 4.69) is 27.1 Å². The third-order valence-corrected chi connectivity index (χ3v) is 3.10. The monoisotopic (exact) mass is 230 g/mol. The van der Waals surface area contributed by atoms with Gasteiger partial charge in [-0.1, -0.05) is 36.9 Å². The number of nitrogens with one attached hydrogen (secondary N) is 1. The van der Waals surface area contributed by atoms with Crippen molar-refractivity contribution in [1.82, 2.24) is 20.2 Å². The molecule has 80 valence electrons. The number of thioether (sulfide) groups is 1. The molecule has 0 bridgehead atoms. The largest absolute Gasteiger partial charge is 0.336 e. The summed E-state index contributed by atoms with van der Waals surface area (Å²) in [4.78, 5) is 7.71. The number of para-hydroxylation sites is 1. The molecule has 0 saturated carbocycles. The standard InChI is InChI=1S/C11H10N4S/c1-2-16-11-13-9-7-5-3-4-6-8(7)12-10(9)14-15-11/h3-6H,2H2,1H3,(H,12,14). The zero-order chi connectivity index (χ0) is 11.0. The van der Waals surface area contributed by atoms with Crippen LogP contribution in [-0.2, 0) is 0 Å². The van der Waals surface area contributed by atoms with Crippen LogP contribution in [0.1, 0.15) is 6.92 Å². The molecule has 16 heavy (non-hydrogen) atoms. The lowest BCUT2D eigenvalue weighted by Gasteiger charge is -1.94. The molecule has 0 unspecified atom stereocenters. The molecule has 0 spiro atoms. The number of H-pyrrole nitrogens is 1. The molecular weight excluding hydrogens is 220 g/mol. The molecule has 0 aliphatic rings. The van der Waals surface area contributed by atoms with Crippen LogP contribution in [0.2, 0.25) is 0 Å². The van der Waals surface area contributed by atoms with Gasteiger partial charge in [0.05, 0.1) is 0 Å². The Bertz CT molecular complexity index is 647. The van der Waals surface area contributed by atoms with E-state index in [0.29, 0.717) is 0 Å². The second-order valence-corrected chi connectivity index (χ2v) is 4.63. The summed E-state index contributed by atoms with van der Waals surface area (Å²) in [5, 5.41) is 10.0. The van der Waals surface area contributed by atoms with Crippen molar-refractivity contribution >= 4 is 33.8 Å². The maximum Gasteiger partial charge on any atom is 0.209 e. The van der Waals surface area contributed by atoms with E-state index in [1.807, 2.05) is 24.3 Å². The van der Waals surface area contributed by atoms with Gasteiger partial charge in [0, 0.05) is 10.9 Å². The minimum Gasteiger partial charge on any atom is -0.336 e. The number of aromatic amines is 1. The number of hydrogen-bond donors (Lipinski definition) is 1. The first-order valence-electron chi connectivity index (χ1n) is 5.12. The molecule has 0 saturated heterocycles. The van der Waals surface area contributed by atoms with Crippen LogP contribution in [0.15, 0.2) is 29.4 Å². The molecule has 1 aromatic carbocycles. The first kappa shape index (κ1) is 9.59. The van der Waals surface area contributed by atoms with Gasteiger partial charge in [-0.3, -0.25) is 0 Å². The van der Waals surface area contributed by atoms with Gasteiger partial charge in [-0.2, -0.15) is 0 Å². The second kappa shape index (κ2) is 3.75. The summed E-state index contributed by atoms with van der Waals surface area (Å²) in [5.74, 6) is 0.954. The van der Waals surface area contributed by atoms with E-state index in [-0.39, 0.29) is 0 Å². The zero-order valence-corrected chi connectivity index (χ0v) is 9.58. The molecule has 3 rings (SSSR count). The van der Waals surface area contributed by atoms with Crippen molar-refractivity contribution in [2.75, 3.05) is 5.75 Å². The summed E-state index contributed by atoms with van der Waals surface area (Å²) >= 11 is 1.60.